The molecule has 0 aliphatic heterocycles. The van der Waals surface area contributed by atoms with E-state index in [-0.39, 0.29) is 24.0 Å². The third-order valence-corrected chi connectivity index (χ3v) is 3.55. The maximum Gasteiger partial charge on any atom is 0.191 e. The fourth-order valence-corrected chi connectivity index (χ4v) is 2.43. The molecule has 0 aromatic carbocycles. The van der Waals surface area contributed by atoms with E-state index in [9.17, 15) is 0 Å². The number of nitrogens with one attached hydrogen (secondary N) is 2. The van der Waals surface area contributed by atoms with Gasteiger partial charge in [-0.3, -0.25) is 4.68 Å². The van der Waals surface area contributed by atoms with Crippen molar-refractivity contribution in [2.45, 2.75) is 46.6 Å². The van der Waals surface area contributed by atoms with Gasteiger partial charge in [0.15, 0.2) is 5.96 Å². The molecule has 1 rings (SSSR count). The first-order chi connectivity index (χ1) is 11.2. The molecule has 0 amide bonds. The van der Waals surface area contributed by atoms with Crippen molar-refractivity contribution >= 4 is 29.9 Å². The van der Waals surface area contributed by atoms with E-state index in [0.29, 0.717) is 6.54 Å². The topological polar surface area (TPSA) is 70.4 Å². The fourth-order valence-electron chi connectivity index (χ4n) is 2.43. The molecule has 0 aliphatic rings. The highest BCUT2D eigenvalue weighted by Gasteiger charge is 2.04. The monoisotopic (exact) mass is 451 g/mol. The van der Waals surface area contributed by atoms with Crippen molar-refractivity contribution < 1.29 is 0 Å². The van der Waals surface area contributed by atoms with Crippen molar-refractivity contribution in [3.63, 3.8) is 0 Å². The van der Waals surface area contributed by atoms with Gasteiger partial charge in [0.2, 0.25) is 0 Å². The number of hydrogen-bond acceptors (Lipinski definition) is 4. The van der Waals surface area contributed by atoms with Crippen LogP contribution in [0.15, 0.2) is 11.3 Å². The minimum absolute atomic E-state index is 0. The lowest BCUT2D eigenvalue weighted by molar-refractivity contribution is 0.271. The number of halogens is 1. The zero-order chi connectivity index (χ0) is 16.9. The Balaban J connectivity index is 0.00000529. The van der Waals surface area contributed by atoms with Crippen molar-refractivity contribution in [3.05, 3.63) is 12.2 Å². The molecule has 0 bridgehead atoms. The van der Waals surface area contributed by atoms with Gasteiger partial charge in [-0.15, -0.1) is 24.0 Å². The van der Waals surface area contributed by atoms with Crippen LogP contribution < -0.4 is 10.6 Å². The number of rotatable bonds is 11. The van der Waals surface area contributed by atoms with Gasteiger partial charge in [0, 0.05) is 20.1 Å². The minimum atomic E-state index is 0. The van der Waals surface area contributed by atoms with Crippen molar-refractivity contribution in [2.24, 2.45) is 12.0 Å². The van der Waals surface area contributed by atoms with E-state index in [1.54, 1.807) is 11.0 Å². The number of guanidine groups is 1. The van der Waals surface area contributed by atoms with Gasteiger partial charge in [-0.25, -0.2) is 9.98 Å². The Bertz CT molecular complexity index is 441. The highest BCUT2D eigenvalue weighted by Crippen LogP contribution is 1.96. The summed E-state index contributed by atoms with van der Waals surface area (Å²) in [6.07, 6.45) is 5.11. The lowest BCUT2D eigenvalue weighted by Crippen LogP contribution is -2.39. The standard InChI is InChI=1S/C16H33N7.HI/c1-5-10-23(11-6-2)12-8-9-18-16(17-7-3)19-13-15-20-14-21-22(15)4;/h14H,5-13H2,1-4H3,(H2,17,18,19);1H. The Kier molecular flexibility index (Phi) is 13.9. The summed E-state index contributed by atoms with van der Waals surface area (Å²) in [5.74, 6) is 1.70. The summed E-state index contributed by atoms with van der Waals surface area (Å²) in [4.78, 5) is 11.3. The van der Waals surface area contributed by atoms with Crippen LogP contribution in [0.25, 0.3) is 0 Å². The zero-order valence-corrected chi connectivity index (χ0v) is 17.9. The fraction of sp³-hybridized carbons (Fsp3) is 0.812. The summed E-state index contributed by atoms with van der Waals surface area (Å²) in [5.41, 5.74) is 0. The highest BCUT2D eigenvalue weighted by molar-refractivity contribution is 14.0. The quantitative estimate of drug-likeness (QED) is 0.233. The van der Waals surface area contributed by atoms with Gasteiger partial charge < -0.3 is 15.5 Å². The van der Waals surface area contributed by atoms with E-state index in [1.165, 1.54) is 25.9 Å². The number of aliphatic imine (C=N–C) groups is 1. The molecule has 1 heterocycles. The van der Waals surface area contributed by atoms with Crippen molar-refractivity contribution in [3.8, 4) is 0 Å². The molecule has 0 unspecified atom stereocenters. The summed E-state index contributed by atoms with van der Waals surface area (Å²) in [6.45, 7) is 12.4. The SMILES string of the molecule is CCCN(CCC)CCCNC(=NCc1ncnn1C)NCC.I. The first-order valence-electron chi connectivity index (χ1n) is 8.78. The summed E-state index contributed by atoms with van der Waals surface area (Å²) < 4.78 is 1.75. The molecule has 140 valence electrons. The first kappa shape index (κ1) is 23.1. The molecule has 0 saturated heterocycles. The molecule has 0 fully saturated rings. The number of aromatic nitrogens is 3. The lowest BCUT2D eigenvalue weighted by Gasteiger charge is -2.21. The average molecular weight is 451 g/mol. The summed E-state index contributed by atoms with van der Waals surface area (Å²) >= 11 is 0. The Hall–Kier alpha value is -0.900. The third kappa shape index (κ3) is 9.41. The Labute approximate surface area is 163 Å². The van der Waals surface area contributed by atoms with Crippen LogP contribution in [0.2, 0.25) is 0 Å². The molecule has 8 heteroatoms. The number of hydrogen-bond donors (Lipinski definition) is 2. The summed E-state index contributed by atoms with van der Waals surface area (Å²) in [7, 11) is 1.88. The molecule has 1 aromatic heterocycles. The van der Waals surface area contributed by atoms with Crippen LogP contribution >= 0.6 is 24.0 Å². The van der Waals surface area contributed by atoms with E-state index < -0.39 is 0 Å². The van der Waals surface area contributed by atoms with Gasteiger partial charge in [0.25, 0.3) is 0 Å². The van der Waals surface area contributed by atoms with Gasteiger partial charge in [0.1, 0.15) is 18.7 Å². The Morgan fingerprint density at radius 1 is 1.17 bits per heavy atom. The van der Waals surface area contributed by atoms with Crippen LogP contribution in [-0.2, 0) is 13.6 Å². The van der Waals surface area contributed by atoms with Gasteiger partial charge >= 0.3 is 0 Å². The Morgan fingerprint density at radius 2 is 1.88 bits per heavy atom. The second-order valence-electron chi connectivity index (χ2n) is 5.62. The molecule has 0 spiro atoms. The van der Waals surface area contributed by atoms with Crippen LogP contribution in [-0.4, -0.2) is 58.3 Å². The zero-order valence-electron chi connectivity index (χ0n) is 15.6. The van der Waals surface area contributed by atoms with Crippen molar-refractivity contribution in [2.75, 3.05) is 32.7 Å². The van der Waals surface area contributed by atoms with E-state index in [0.717, 1.165) is 37.8 Å². The minimum Gasteiger partial charge on any atom is -0.357 e. The highest BCUT2D eigenvalue weighted by atomic mass is 127. The molecule has 7 nitrogen and oxygen atoms in total. The van der Waals surface area contributed by atoms with E-state index in [1.807, 2.05) is 7.05 Å². The maximum absolute atomic E-state index is 4.56. The molecule has 0 radical (unpaired) electrons. The molecule has 0 saturated carbocycles. The van der Waals surface area contributed by atoms with Crippen LogP contribution in [0.4, 0.5) is 0 Å². The van der Waals surface area contributed by atoms with Gasteiger partial charge in [-0.2, -0.15) is 5.10 Å². The first-order valence-corrected chi connectivity index (χ1v) is 8.78. The number of nitrogens with zero attached hydrogens (tertiary/aromatic N) is 5. The van der Waals surface area contributed by atoms with Crippen LogP contribution in [0.1, 0.15) is 45.9 Å². The number of aryl methyl sites for hydroxylation is 1. The van der Waals surface area contributed by atoms with Crippen molar-refractivity contribution in [1.82, 2.24) is 30.3 Å². The molecule has 2 N–H and O–H groups in total. The molecular weight excluding hydrogens is 417 g/mol. The second-order valence-corrected chi connectivity index (χ2v) is 5.62. The predicted molar refractivity (Wildman–Crippen MR) is 111 cm³/mol. The van der Waals surface area contributed by atoms with Crippen molar-refractivity contribution in [1.29, 1.82) is 0 Å². The van der Waals surface area contributed by atoms with Gasteiger partial charge in [0.05, 0.1) is 0 Å². The largest absolute Gasteiger partial charge is 0.357 e. The van der Waals surface area contributed by atoms with Gasteiger partial charge in [-0.05, 0) is 45.8 Å². The molecule has 1 aromatic rings. The summed E-state index contributed by atoms with van der Waals surface area (Å²) in [5, 5.41) is 10.7. The molecule has 24 heavy (non-hydrogen) atoms. The third-order valence-electron chi connectivity index (χ3n) is 3.55. The van der Waals surface area contributed by atoms with E-state index >= 15 is 0 Å². The molecule has 0 aliphatic carbocycles. The van der Waals surface area contributed by atoms with Crippen LogP contribution in [0, 0.1) is 0 Å². The predicted octanol–water partition coefficient (Wildman–Crippen LogP) is 2.00. The Morgan fingerprint density at radius 3 is 2.42 bits per heavy atom. The lowest BCUT2D eigenvalue weighted by atomic mass is 10.3. The van der Waals surface area contributed by atoms with Gasteiger partial charge in [-0.1, -0.05) is 13.8 Å². The smallest absolute Gasteiger partial charge is 0.191 e. The van der Waals surface area contributed by atoms with Crippen LogP contribution in [0.3, 0.4) is 0 Å². The molecule has 0 atom stereocenters. The normalized spacial score (nSPS) is 11.5. The summed E-state index contributed by atoms with van der Waals surface area (Å²) in [6, 6.07) is 0. The van der Waals surface area contributed by atoms with Crippen LogP contribution in [0.5, 0.6) is 0 Å². The van der Waals surface area contributed by atoms with E-state index in [4.69, 9.17) is 0 Å². The molecular formula is C16H34IN7. The average Bonchev–Trinajstić information content (AvgIpc) is 2.94. The second kappa shape index (κ2) is 14.4. The maximum atomic E-state index is 4.56. The van der Waals surface area contributed by atoms with E-state index in [2.05, 4.69) is 51.4 Å².